The summed E-state index contributed by atoms with van der Waals surface area (Å²) in [5, 5.41) is 3.42. The first-order valence-corrected chi connectivity index (χ1v) is 9.12. The van der Waals surface area contributed by atoms with Crippen molar-refractivity contribution in [2.45, 2.75) is 63.8 Å². The summed E-state index contributed by atoms with van der Waals surface area (Å²) in [5.41, 5.74) is 0.480. The summed E-state index contributed by atoms with van der Waals surface area (Å²) in [6, 6.07) is 0.0951. The Morgan fingerprint density at radius 3 is 2.24 bits per heavy atom. The Bertz CT molecular complexity index is 378. The number of piperidine rings is 1. The fourth-order valence-electron chi connectivity index (χ4n) is 6.39. The van der Waals surface area contributed by atoms with E-state index in [-0.39, 0.29) is 6.04 Å². The van der Waals surface area contributed by atoms with Crippen molar-refractivity contribution >= 4 is 5.91 Å². The monoisotopic (exact) mass is 290 g/mol. The second-order valence-electron chi connectivity index (χ2n) is 8.61. The number of nitrogens with one attached hydrogen (secondary N) is 1. The molecule has 21 heavy (non-hydrogen) atoms. The number of hydrogen-bond donors (Lipinski definition) is 1. The highest BCUT2D eigenvalue weighted by Gasteiger charge is 2.51. The lowest BCUT2D eigenvalue weighted by atomic mass is 9.49. The van der Waals surface area contributed by atoms with E-state index in [0.29, 0.717) is 11.3 Å². The topological polar surface area (TPSA) is 32.3 Å². The lowest BCUT2D eigenvalue weighted by Crippen LogP contribution is -2.54. The van der Waals surface area contributed by atoms with Gasteiger partial charge in [0.1, 0.15) is 0 Å². The predicted molar refractivity (Wildman–Crippen MR) is 83.9 cm³/mol. The number of rotatable bonds is 3. The lowest BCUT2D eigenvalue weighted by molar-refractivity contribution is -0.138. The third-order valence-corrected chi connectivity index (χ3v) is 6.72. The van der Waals surface area contributed by atoms with Gasteiger partial charge in [-0.1, -0.05) is 6.42 Å². The van der Waals surface area contributed by atoms with E-state index in [4.69, 9.17) is 0 Å². The Morgan fingerprint density at radius 1 is 1.10 bits per heavy atom. The Morgan fingerprint density at radius 2 is 1.71 bits per heavy atom. The van der Waals surface area contributed by atoms with Crippen molar-refractivity contribution in [3.05, 3.63) is 0 Å². The molecule has 4 bridgehead atoms. The van der Waals surface area contributed by atoms with E-state index in [1.165, 1.54) is 51.4 Å². The first kappa shape index (κ1) is 14.0. The molecule has 1 unspecified atom stereocenters. The number of hydrogen-bond acceptors (Lipinski definition) is 2. The summed E-state index contributed by atoms with van der Waals surface area (Å²) in [6.45, 7) is 2.04. The normalized spacial score (nSPS) is 44.8. The molecule has 1 atom stereocenters. The summed E-state index contributed by atoms with van der Waals surface area (Å²) >= 11 is 0. The number of carbonyl (C=O) groups excluding carboxylic acids is 1. The van der Waals surface area contributed by atoms with Crippen molar-refractivity contribution in [1.29, 1.82) is 0 Å². The van der Waals surface area contributed by atoms with Gasteiger partial charge in [0.2, 0.25) is 5.91 Å². The maximum atomic E-state index is 12.7. The van der Waals surface area contributed by atoms with Crippen LogP contribution in [0.2, 0.25) is 0 Å². The Balaban J connectivity index is 1.41. The molecule has 4 saturated carbocycles. The maximum Gasteiger partial charge on any atom is 0.239 e. The fourth-order valence-corrected chi connectivity index (χ4v) is 6.39. The van der Waals surface area contributed by atoms with E-state index in [9.17, 15) is 4.79 Å². The van der Waals surface area contributed by atoms with Gasteiger partial charge < -0.3 is 10.2 Å². The van der Waals surface area contributed by atoms with Gasteiger partial charge in [-0.25, -0.2) is 0 Å². The Labute approximate surface area is 128 Å². The zero-order valence-corrected chi connectivity index (χ0v) is 13.4. The van der Waals surface area contributed by atoms with Crippen molar-refractivity contribution < 1.29 is 4.79 Å². The molecule has 0 aromatic heterocycles. The van der Waals surface area contributed by atoms with Crippen molar-refractivity contribution in [2.75, 3.05) is 20.1 Å². The van der Waals surface area contributed by atoms with Crippen LogP contribution in [0.4, 0.5) is 0 Å². The first-order valence-electron chi connectivity index (χ1n) is 9.12. The van der Waals surface area contributed by atoms with Crippen molar-refractivity contribution in [3.8, 4) is 0 Å². The number of likely N-dealkylation sites (N-methyl/N-ethyl adjacent to an activating group) is 1. The molecule has 1 heterocycles. The van der Waals surface area contributed by atoms with Crippen LogP contribution in [0.15, 0.2) is 0 Å². The largest absolute Gasteiger partial charge is 0.344 e. The van der Waals surface area contributed by atoms with Crippen LogP contribution < -0.4 is 5.32 Å². The van der Waals surface area contributed by atoms with Crippen LogP contribution in [-0.4, -0.2) is 37.0 Å². The van der Waals surface area contributed by atoms with E-state index in [1.807, 2.05) is 0 Å². The van der Waals surface area contributed by atoms with Gasteiger partial charge in [-0.3, -0.25) is 4.79 Å². The average Bonchev–Trinajstić information content (AvgIpc) is 2.45. The molecule has 1 N–H and O–H groups in total. The molecule has 0 spiro atoms. The average molecular weight is 290 g/mol. The highest BCUT2D eigenvalue weighted by Crippen LogP contribution is 2.60. The Hall–Kier alpha value is -0.570. The molecule has 5 aliphatic rings. The minimum absolute atomic E-state index is 0.0951. The summed E-state index contributed by atoms with van der Waals surface area (Å²) < 4.78 is 0. The minimum atomic E-state index is 0.0951. The molecule has 0 aromatic carbocycles. The van der Waals surface area contributed by atoms with E-state index < -0.39 is 0 Å². The molecule has 4 aliphatic carbocycles. The van der Waals surface area contributed by atoms with Gasteiger partial charge in [0, 0.05) is 13.6 Å². The van der Waals surface area contributed by atoms with E-state index in [1.54, 1.807) is 0 Å². The standard InChI is InChI=1S/C18H30N2O/c1-20(17(21)16-4-2-3-5-19-16)12-18-9-13-6-14(10-18)8-15(7-13)11-18/h13-16,19H,2-12H2,1H3. The van der Waals surface area contributed by atoms with Crippen molar-refractivity contribution in [2.24, 2.45) is 23.2 Å². The predicted octanol–water partition coefficient (Wildman–Crippen LogP) is 2.80. The summed E-state index contributed by atoms with van der Waals surface area (Å²) in [7, 11) is 2.05. The second-order valence-corrected chi connectivity index (χ2v) is 8.61. The molecular formula is C18H30N2O. The van der Waals surface area contributed by atoms with Gasteiger partial charge in [0.15, 0.2) is 0 Å². The van der Waals surface area contributed by atoms with Crippen LogP contribution in [0.3, 0.4) is 0 Å². The number of nitrogens with zero attached hydrogens (tertiary/aromatic N) is 1. The number of amides is 1. The van der Waals surface area contributed by atoms with E-state index in [0.717, 1.165) is 37.3 Å². The molecule has 1 saturated heterocycles. The van der Waals surface area contributed by atoms with Gasteiger partial charge in [0.25, 0.3) is 0 Å². The molecule has 5 fully saturated rings. The van der Waals surface area contributed by atoms with Crippen LogP contribution in [0.5, 0.6) is 0 Å². The third kappa shape index (κ3) is 2.62. The zero-order valence-electron chi connectivity index (χ0n) is 13.4. The highest BCUT2D eigenvalue weighted by atomic mass is 16.2. The fraction of sp³-hybridized carbons (Fsp3) is 0.944. The Kier molecular flexibility index (Phi) is 3.52. The molecule has 0 radical (unpaired) electrons. The first-order chi connectivity index (χ1) is 10.1. The third-order valence-electron chi connectivity index (χ3n) is 6.72. The van der Waals surface area contributed by atoms with Gasteiger partial charge >= 0.3 is 0 Å². The van der Waals surface area contributed by atoms with Crippen LogP contribution in [0, 0.1) is 23.2 Å². The molecular weight excluding hydrogens is 260 g/mol. The molecule has 5 rings (SSSR count). The lowest BCUT2D eigenvalue weighted by Gasteiger charge is -2.57. The van der Waals surface area contributed by atoms with E-state index in [2.05, 4.69) is 17.3 Å². The SMILES string of the molecule is CN(CC12CC3CC(CC(C3)C1)C2)C(=O)C1CCCCN1. The molecule has 1 aliphatic heterocycles. The van der Waals surface area contributed by atoms with Gasteiger partial charge in [-0.05, 0) is 81.1 Å². The number of carbonyl (C=O) groups is 1. The van der Waals surface area contributed by atoms with Gasteiger partial charge in [-0.15, -0.1) is 0 Å². The van der Waals surface area contributed by atoms with E-state index >= 15 is 0 Å². The van der Waals surface area contributed by atoms with Crippen molar-refractivity contribution in [1.82, 2.24) is 10.2 Å². The smallest absolute Gasteiger partial charge is 0.239 e. The van der Waals surface area contributed by atoms with Crippen LogP contribution in [0.1, 0.15) is 57.8 Å². The summed E-state index contributed by atoms with van der Waals surface area (Å²) in [4.78, 5) is 14.8. The van der Waals surface area contributed by atoms with Crippen LogP contribution >= 0.6 is 0 Å². The maximum absolute atomic E-state index is 12.7. The molecule has 118 valence electrons. The highest BCUT2D eigenvalue weighted by molar-refractivity contribution is 5.81. The van der Waals surface area contributed by atoms with Crippen LogP contribution in [-0.2, 0) is 4.79 Å². The minimum Gasteiger partial charge on any atom is -0.344 e. The summed E-state index contributed by atoms with van der Waals surface area (Å²) in [5.74, 6) is 3.29. The second kappa shape index (κ2) is 5.26. The quantitative estimate of drug-likeness (QED) is 0.867. The molecule has 0 aromatic rings. The summed E-state index contributed by atoms with van der Waals surface area (Å²) in [6.07, 6.45) is 12.1. The van der Waals surface area contributed by atoms with Gasteiger partial charge in [-0.2, -0.15) is 0 Å². The van der Waals surface area contributed by atoms with Gasteiger partial charge in [0.05, 0.1) is 6.04 Å². The van der Waals surface area contributed by atoms with Crippen LogP contribution in [0.25, 0.3) is 0 Å². The molecule has 3 heteroatoms. The molecule has 3 nitrogen and oxygen atoms in total. The zero-order chi connectivity index (χ0) is 14.4. The molecule has 1 amide bonds. The van der Waals surface area contributed by atoms with Crippen molar-refractivity contribution in [3.63, 3.8) is 0 Å².